The Balaban J connectivity index is 2.10. The number of hydrogen-bond donors (Lipinski definition) is 0. The lowest BCUT2D eigenvalue weighted by Gasteiger charge is -2.31. The Labute approximate surface area is 115 Å². The minimum atomic E-state index is -3.11. The molecular formula is C15H21NO2S. The molecule has 1 fully saturated rings. The minimum Gasteiger partial charge on any atom is -0.300 e. The lowest BCUT2D eigenvalue weighted by Crippen LogP contribution is -2.32. The van der Waals surface area contributed by atoms with Crippen molar-refractivity contribution in [2.45, 2.75) is 23.7 Å². The number of nitrogens with zero attached hydrogens (tertiary/aromatic N) is 1. The van der Waals surface area contributed by atoms with Crippen molar-refractivity contribution < 1.29 is 8.42 Å². The van der Waals surface area contributed by atoms with E-state index in [1.807, 2.05) is 24.3 Å². The summed E-state index contributed by atoms with van der Waals surface area (Å²) in [7, 11) is -3.11. The van der Waals surface area contributed by atoms with E-state index >= 15 is 0 Å². The Kier molecular flexibility index (Phi) is 4.42. The zero-order valence-electron chi connectivity index (χ0n) is 11.4. The van der Waals surface area contributed by atoms with Crippen molar-refractivity contribution in [2.75, 3.05) is 25.9 Å². The molecule has 1 aromatic carbocycles. The van der Waals surface area contributed by atoms with Crippen LogP contribution in [-0.4, -0.2) is 39.2 Å². The summed E-state index contributed by atoms with van der Waals surface area (Å²) in [6.45, 7) is 6.81. The van der Waals surface area contributed by atoms with Gasteiger partial charge in [-0.15, -0.1) is 6.58 Å². The van der Waals surface area contributed by atoms with Crippen molar-refractivity contribution in [3.05, 3.63) is 42.5 Å². The van der Waals surface area contributed by atoms with Gasteiger partial charge in [0.1, 0.15) is 0 Å². The fraction of sp³-hybridized carbons (Fsp3) is 0.467. The van der Waals surface area contributed by atoms with Crippen LogP contribution in [0.3, 0.4) is 0 Å². The highest BCUT2D eigenvalue weighted by molar-refractivity contribution is 7.90. The number of rotatable bonds is 4. The third kappa shape index (κ3) is 3.67. The third-order valence-electron chi connectivity index (χ3n) is 3.73. The van der Waals surface area contributed by atoms with Crippen LogP contribution in [0.1, 0.15) is 24.3 Å². The van der Waals surface area contributed by atoms with Crippen LogP contribution in [0.15, 0.2) is 41.8 Å². The molecule has 0 unspecified atom stereocenters. The van der Waals surface area contributed by atoms with Crippen LogP contribution < -0.4 is 0 Å². The summed E-state index contributed by atoms with van der Waals surface area (Å²) in [5.41, 5.74) is 1.15. The molecule has 0 amide bonds. The zero-order chi connectivity index (χ0) is 13.9. The molecule has 1 heterocycles. The normalized spacial score (nSPS) is 18.4. The zero-order valence-corrected chi connectivity index (χ0v) is 12.2. The molecule has 104 valence electrons. The summed E-state index contributed by atoms with van der Waals surface area (Å²) in [5.74, 6) is 0.475. The Morgan fingerprint density at radius 3 is 2.63 bits per heavy atom. The standard InChI is InChI=1S/C15H21NO2S/c1-3-9-16-10-7-13(8-11-16)14-5-4-6-15(12-14)19(2,17)18/h3-6,12-13H,1,7-11H2,2H3. The molecular weight excluding hydrogens is 258 g/mol. The molecule has 0 bridgehead atoms. The van der Waals surface area contributed by atoms with E-state index in [9.17, 15) is 8.42 Å². The Morgan fingerprint density at radius 1 is 1.37 bits per heavy atom. The summed E-state index contributed by atoms with van der Waals surface area (Å²) in [6, 6.07) is 7.40. The number of benzene rings is 1. The van der Waals surface area contributed by atoms with Gasteiger partial charge in [-0.3, -0.25) is 4.90 Å². The predicted molar refractivity (Wildman–Crippen MR) is 78.2 cm³/mol. The Hall–Kier alpha value is -1.13. The highest BCUT2D eigenvalue weighted by atomic mass is 32.2. The molecule has 0 radical (unpaired) electrons. The highest BCUT2D eigenvalue weighted by Crippen LogP contribution is 2.29. The lowest BCUT2D eigenvalue weighted by molar-refractivity contribution is 0.232. The summed E-state index contributed by atoms with van der Waals surface area (Å²) >= 11 is 0. The van der Waals surface area contributed by atoms with Crippen molar-refractivity contribution in [1.82, 2.24) is 4.90 Å². The molecule has 0 N–H and O–H groups in total. The van der Waals surface area contributed by atoms with Crippen LogP contribution in [0.25, 0.3) is 0 Å². The first-order chi connectivity index (χ1) is 9.00. The first kappa shape index (κ1) is 14.3. The second-order valence-electron chi connectivity index (χ2n) is 5.21. The average molecular weight is 279 g/mol. The molecule has 4 heteroatoms. The van der Waals surface area contributed by atoms with E-state index in [1.54, 1.807) is 6.07 Å². The van der Waals surface area contributed by atoms with Gasteiger partial charge in [-0.25, -0.2) is 8.42 Å². The molecule has 0 spiro atoms. The van der Waals surface area contributed by atoms with Crippen molar-refractivity contribution in [1.29, 1.82) is 0 Å². The molecule has 1 aliphatic heterocycles. The van der Waals surface area contributed by atoms with Crippen LogP contribution in [0.4, 0.5) is 0 Å². The molecule has 1 aromatic rings. The third-order valence-corrected chi connectivity index (χ3v) is 4.84. The molecule has 1 aliphatic rings. The molecule has 0 atom stereocenters. The number of hydrogen-bond acceptors (Lipinski definition) is 3. The molecule has 2 rings (SSSR count). The van der Waals surface area contributed by atoms with Gasteiger partial charge < -0.3 is 0 Å². The fourth-order valence-corrected chi connectivity index (χ4v) is 3.31. The minimum absolute atomic E-state index is 0.429. The lowest BCUT2D eigenvalue weighted by atomic mass is 9.89. The van der Waals surface area contributed by atoms with E-state index in [0.717, 1.165) is 38.0 Å². The van der Waals surface area contributed by atoms with Gasteiger partial charge in [-0.2, -0.15) is 0 Å². The maximum atomic E-state index is 11.6. The Bertz CT molecular complexity index is 543. The summed E-state index contributed by atoms with van der Waals surface area (Å²) in [6.07, 6.45) is 5.37. The van der Waals surface area contributed by atoms with Gasteiger partial charge in [-0.1, -0.05) is 18.2 Å². The summed E-state index contributed by atoms with van der Waals surface area (Å²) < 4.78 is 23.2. The second kappa shape index (κ2) is 5.88. The maximum Gasteiger partial charge on any atom is 0.175 e. The maximum absolute atomic E-state index is 11.6. The van der Waals surface area contributed by atoms with Crippen molar-refractivity contribution in [3.8, 4) is 0 Å². The van der Waals surface area contributed by atoms with Crippen LogP contribution in [0.5, 0.6) is 0 Å². The second-order valence-corrected chi connectivity index (χ2v) is 7.22. The van der Waals surface area contributed by atoms with E-state index in [2.05, 4.69) is 11.5 Å². The van der Waals surface area contributed by atoms with Crippen LogP contribution in [0, 0.1) is 0 Å². The van der Waals surface area contributed by atoms with E-state index < -0.39 is 9.84 Å². The largest absolute Gasteiger partial charge is 0.300 e. The van der Waals surface area contributed by atoms with Crippen molar-refractivity contribution in [2.24, 2.45) is 0 Å². The van der Waals surface area contributed by atoms with Gasteiger partial charge in [0, 0.05) is 12.8 Å². The molecule has 0 aliphatic carbocycles. The quantitative estimate of drug-likeness (QED) is 0.795. The average Bonchev–Trinajstić information content (AvgIpc) is 2.39. The Morgan fingerprint density at radius 2 is 2.05 bits per heavy atom. The molecule has 19 heavy (non-hydrogen) atoms. The van der Waals surface area contributed by atoms with Gasteiger partial charge in [0.05, 0.1) is 4.90 Å². The summed E-state index contributed by atoms with van der Waals surface area (Å²) in [5, 5.41) is 0. The first-order valence-electron chi connectivity index (χ1n) is 6.64. The number of likely N-dealkylation sites (tertiary alicyclic amines) is 1. The molecule has 1 saturated heterocycles. The molecule has 3 nitrogen and oxygen atoms in total. The van der Waals surface area contributed by atoms with Crippen molar-refractivity contribution >= 4 is 9.84 Å². The van der Waals surface area contributed by atoms with Gasteiger partial charge >= 0.3 is 0 Å². The van der Waals surface area contributed by atoms with Gasteiger partial charge in [0.2, 0.25) is 0 Å². The van der Waals surface area contributed by atoms with Crippen LogP contribution in [0.2, 0.25) is 0 Å². The van der Waals surface area contributed by atoms with E-state index in [-0.39, 0.29) is 0 Å². The fourth-order valence-electron chi connectivity index (χ4n) is 2.63. The predicted octanol–water partition coefficient (Wildman–Crippen LogP) is 2.46. The topological polar surface area (TPSA) is 37.4 Å². The van der Waals surface area contributed by atoms with Crippen molar-refractivity contribution in [3.63, 3.8) is 0 Å². The van der Waals surface area contributed by atoms with Gasteiger partial charge in [0.15, 0.2) is 9.84 Å². The first-order valence-corrected chi connectivity index (χ1v) is 8.53. The van der Waals surface area contributed by atoms with E-state index in [4.69, 9.17) is 0 Å². The van der Waals surface area contributed by atoms with Crippen LogP contribution in [-0.2, 0) is 9.84 Å². The monoisotopic (exact) mass is 279 g/mol. The molecule has 0 saturated carbocycles. The van der Waals surface area contributed by atoms with Gasteiger partial charge in [-0.05, 0) is 49.5 Å². The van der Waals surface area contributed by atoms with Crippen LogP contribution >= 0.6 is 0 Å². The number of piperidine rings is 1. The van der Waals surface area contributed by atoms with E-state index in [0.29, 0.717) is 10.8 Å². The SMILES string of the molecule is C=CCN1CCC(c2cccc(S(C)(=O)=O)c2)CC1. The highest BCUT2D eigenvalue weighted by Gasteiger charge is 2.20. The molecule has 0 aromatic heterocycles. The number of sulfone groups is 1. The van der Waals surface area contributed by atoms with Gasteiger partial charge in [0.25, 0.3) is 0 Å². The summed E-state index contributed by atoms with van der Waals surface area (Å²) in [4.78, 5) is 2.81. The van der Waals surface area contributed by atoms with E-state index in [1.165, 1.54) is 6.26 Å². The smallest absolute Gasteiger partial charge is 0.175 e.